The minimum atomic E-state index is 0.0797. The molecule has 0 spiro atoms. The topological polar surface area (TPSA) is 68.0 Å². The van der Waals surface area contributed by atoms with Crippen molar-refractivity contribution in [2.45, 2.75) is 13.8 Å². The summed E-state index contributed by atoms with van der Waals surface area (Å²) in [6.45, 7) is 5.06. The molecule has 0 bridgehead atoms. The van der Waals surface area contributed by atoms with E-state index in [2.05, 4.69) is 9.97 Å². The van der Waals surface area contributed by atoms with E-state index in [1.54, 1.807) is 0 Å². The predicted octanol–water partition coefficient (Wildman–Crippen LogP) is 5.13. The van der Waals surface area contributed by atoms with E-state index in [1.807, 2.05) is 68.4 Å². The largest absolute Gasteiger partial charge is 0.494 e. The molecule has 2 aromatic carbocycles. The van der Waals surface area contributed by atoms with Gasteiger partial charge in [-0.25, -0.2) is 9.97 Å². The number of ether oxygens (including phenoxy) is 2. The third-order valence-corrected chi connectivity index (χ3v) is 4.10. The Labute approximate surface area is 163 Å². The first kappa shape index (κ1) is 18.7. The summed E-state index contributed by atoms with van der Waals surface area (Å²) in [6.07, 6.45) is 0. The summed E-state index contributed by atoms with van der Waals surface area (Å²) in [5, 5.41) is 9.37. The summed E-state index contributed by atoms with van der Waals surface area (Å²) in [4.78, 5) is 8.88. The molecule has 0 aliphatic carbocycles. The minimum absolute atomic E-state index is 0.0797. The van der Waals surface area contributed by atoms with Crippen LogP contribution in [0.4, 0.5) is 0 Å². The Morgan fingerprint density at radius 3 is 1.67 bits per heavy atom. The molecule has 0 aliphatic heterocycles. The number of hydrogen-bond donors (Lipinski definition) is 0. The van der Waals surface area contributed by atoms with Crippen LogP contribution >= 0.6 is 11.6 Å². The Kier molecular flexibility index (Phi) is 5.90. The highest BCUT2D eigenvalue weighted by molar-refractivity contribution is 6.30. The molecule has 0 amide bonds. The lowest BCUT2D eigenvalue weighted by Crippen LogP contribution is -1.99. The van der Waals surface area contributed by atoms with Crippen molar-refractivity contribution in [3.05, 3.63) is 59.4 Å². The van der Waals surface area contributed by atoms with Gasteiger partial charge in [-0.05, 0) is 62.4 Å². The highest BCUT2D eigenvalue weighted by Gasteiger charge is 2.16. The molecular formula is C21H18ClN3O2. The third-order valence-electron chi connectivity index (χ3n) is 3.84. The smallest absolute Gasteiger partial charge is 0.178 e. The SMILES string of the molecule is CCOc1ccc(-c2nc(Cl)c(C#N)nc2-c2ccc(OCC)cc2)cc1. The number of rotatable bonds is 6. The Morgan fingerprint density at radius 1 is 0.815 bits per heavy atom. The van der Waals surface area contributed by atoms with Gasteiger partial charge in [0, 0.05) is 11.1 Å². The number of hydrogen-bond acceptors (Lipinski definition) is 5. The van der Waals surface area contributed by atoms with Crippen molar-refractivity contribution in [2.75, 3.05) is 13.2 Å². The first-order valence-corrected chi connectivity index (χ1v) is 8.98. The maximum Gasteiger partial charge on any atom is 0.178 e. The van der Waals surface area contributed by atoms with Crippen molar-refractivity contribution in [3.8, 4) is 40.1 Å². The van der Waals surface area contributed by atoms with Gasteiger partial charge in [0.15, 0.2) is 10.8 Å². The molecule has 3 aromatic rings. The molecule has 1 heterocycles. The van der Waals surface area contributed by atoms with E-state index in [1.165, 1.54) is 0 Å². The summed E-state index contributed by atoms with van der Waals surface area (Å²) < 4.78 is 11.0. The first-order valence-electron chi connectivity index (χ1n) is 8.60. The molecule has 136 valence electrons. The Morgan fingerprint density at radius 2 is 1.26 bits per heavy atom. The fourth-order valence-corrected chi connectivity index (χ4v) is 2.81. The van der Waals surface area contributed by atoms with E-state index < -0.39 is 0 Å². The molecule has 0 atom stereocenters. The lowest BCUT2D eigenvalue weighted by Gasteiger charge is -2.11. The fraction of sp³-hybridized carbons (Fsp3) is 0.190. The van der Waals surface area contributed by atoms with Crippen LogP contribution in [0.1, 0.15) is 19.5 Å². The molecule has 0 N–H and O–H groups in total. The monoisotopic (exact) mass is 379 g/mol. The van der Waals surface area contributed by atoms with Gasteiger partial charge in [-0.15, -0.1) is 0 Å². The highest BCUT2D eigenvalue weighted by Crippen LogP contribution is 2.33. The minimum Gasteiger partial charge on any atom is -0.494 e. The van der Waals surface area contributed by atoms with Gasteiger partial charge in [-0.2, -0.15) is 5.26 Å². The van der Waals surface area contributed by atoms with Crippen LogP contribution in [0, 0.1) is 11.3 Å². The summed E-state index contributed by atoms with van der Waals surface area (Å²) in [5.74, 6) is 1.54. The lowest BCUT2D eigenvalue weighted by atomic mass is 10.0. The zero-order valence-corrected chi connectivity index (χ0v) is 15.8. The van der Waals surface area contributed by atoms with E-state index in [-0.39, 0.29) is 10.8 Å². The van der Waals surface area contributed by atoms with Crippen LogP contribution in [0.25, 0.3) is 22.5 Å². The van der Waals surface area contributed by atoms with Crippen LogP contribution < -0.4 is 9.47 Å². The van der Waals surface area contributed by atoms with Gasteiger partial charge >= 0.3 is 0 Å². The van der Waals surface area contributed by atoms with Crippen LogP contribution in [0.5, 0.6) is 11.5 Å². The first-order chi connectivity index (χ1) is 13.2. The zero-order valence-electron chi connectivity index (χ0n) is 15.1. The Balaban J connectivity index is 2.10. The van der Waals surface area contributed by atoms with E-state index in [4.69, 9.17) is 21.1 Å². The molecule has 1 aromatic heterocycles. The number of halogens is 1. The number of nitrogens with zero attached hydrogens (tertiary/aromatic N) is 3. The number of benzene rings is 2. The molecular weight excluding hydrogens is 362 g/mol. The van der Waals surface area contributed by atoms with Crippen molar-refractivity contribution < 1.29 is 9.47 Å². The quantitative estimate of drug-likeness (QED) is 0.593. The summed E-state index contributed by atoms with van der Waals surface area (Å²) in [6, 6.07) is 17.0. The van der Waals surface area contributed by atoms with Crippen LogP contribution in [0.3, 0.4) is 0 Å². The third kappa shape index (κ3) is 4.18. The molecule has 0 saturated heterocycles. The summed E-state index contributed by atoms with van der Waals surface area (Å²) in [7, 11) is 0. The molecule has 0 radical (unpaired) electrons. The van der Waals surface area contributed by atoms with Crippen LogP contribution in [0.15, 0.2) is 48.5 Å². The average molecular weight is 380 g/mol. The predicted molar refractivity (Wildman–Crippen MR) is 105 cm³/mol. The summed E-state index contributed by atoms with van der Waals surface area (Å²) in [5.41, 5.74) is 2.94. The van der Waals surface area contributed by atoms with E-state index >= 15 is 0 Å². The molecule has 27 heavy (non-hydrogen) atoms. The van der Waals surface area contributed by atoms with Crippen LogP contribution in [-0.2, 0) is 0 Å². The Bertz CT molecular complexity index is 964. The standard InChI is InChI=1S/C21H18ClN3O2/c1-3-26-16-9-5-14(6-10-16)19-20(25-21(22)18(13-23)24-19)15-7-11-17(12-8-15)27-4-2/h5-12H,3-4H2,1-2H3. The maximum atomic E-state index is 9.29. The van der Waals surface area contributed by atoms with Crippen LogP contribution in [0.2, 0.25) is 5.15 Å². The van der Waals surface area contributed by atoms with Gasteiger partial charge in [0.2, 0.25) is 0 Å². The molecule has 0 unspecified atom stereocenters. The average Bonchev–Trinajstić information content (AvgIpc) is 2.70. The van der Waals surface area contributed by atoms with Gasteiger partial charge in [0.05, 0.1) is 24.6 Å². The molecule has 0 aliphatic rings. The van der Waals surface area contributed by atoms with Gasteiger partial charge in [-0.1, -0.05) is 11.6 Å². The van der Waals surface area contributed by atoms with E-state index in [9.17, 15) is 5.26 Å². The van der Waals surface area contributed by atoms with Gasteiger partial charge in [0.1, 0.15) is 17.6 Å². The van der Waals surface area contributed by atoms with Gasteiger partial charge in [0.25, 0.3) is 0 Å². The molecule has 6 heteroatoms. The zero-order chi connectivity index (χ0) is 19.2. The van der Waals surface area contributed by atoms with Crippen molar-refractivity contribution in [2.24, 2.45) is 0 Å². The van der Waals surface area contributed by atoms with Crippen molar-refractivity contribution >= 4 is 11.6 Å². The Hall–Kier alpha value is -3.10. The second-order valence-electron chi connectivity index (χ2n) is 5.59. The van der Waals surface area contributed by atoms with Gasteiger partial charge in [-0.3, -0.25) is 0 Å². The van der Waals surface area contributed by atoms with E-state index in [0.29, 0.717) is 24.6 Å². The molecule has 5 nitrogen and oxygen atoms in total. The van der Waals surface area contributed by atoms with Crippen LogP contribution in [-0.4, -0.2) is 23.2 Å². The van der Waals surface area contributed by atoms with Crippen molar-refractivity contribution in [1.82, 2.24) is 9.97 Å². The number of aromatic nitrogens is 2. The second kappa shape index (κ2) is 8.52. The van der Waals surface area contributed by atoms with E-state index in [0.717, 1.165) is 22.6 Å². The van der Waals surface area contributed by atoms with Crippen molar-refractivity contribution in [3.63, 3.8) is 0 Å². The normalized spacial score (nSPS) is 10.3. The molecule has 3 rings (SSSR count). The second-order valence-corrected chi connectivity index (χ2v) is 5.94. The molecule has 0 fully saturated rings. The summed E-state index contributed by atoms with van der Waals surface area (Å²) >= 11 is 6.15. The van der Waals surface area contributed by atoms with Gasteiger partial charge < -0.3 is 9.47 Å². The highest BCUT2D eigenvalue weighted by atomic mass is 35.5. The maximum absolute atomic E-state index is 9.29. The lowest BCUT2D eigenvalue weighted by molar-refractivity contribution is 0.340. The number of nitriles is 1. The fourth-order valence-electron chi connectivity index (χ4n) is 2.64. The van der Waals surface area contributed by atoms with Crippen molar-refractivity contribution in [1.29, 1.82) is 5.26 Å². The molecule has 0 saturated carbocycles.